The first-order valence-electron chi connectivity index (χ1n) is 9.62. The van der Waals surface area contributed by atoms with Gasteiger partial charge in [-0.3, -0.25) is 10.1 Å². The van der Waals surface area contributed by atoms with Crippen LogP contribution < -0.4 is 5.32 Å². The van der Waals surface area contributed by atoms with Gasteiger partial charge in [0.1, 0.15) is 11.3 Å². The van der Waals surface area contributed by atoms with Crippen molar-refractivity contribution in [3.8, 4) is 22.5 Å². The van der Waals surface area contributed by atoms with Gasteiger partial charge in [0.15, 0.2) is 0 Å². The van der Waals surface area contributed by atoms with Crippen molar-refractivity contribution in [1.29, 1.82) is 0 Å². The van der Waals surface area contributed by atoms with Gasteiger partial charge in [-0.2, -0.15) is 16.4 Å². The normalized spacial score (nSPS) is 14.6. The van der Waals surface area contributed by atoms with Crippen LogP contribution in [0.15, 0.2) is 53.5 Å². The number of hydrogen-bond acceptors (Lipinski definition) is 5. The monoisotopic (exact) mass is 398 g/mol. The fraction of sp³-hybridized carbons (Fsp3) is 0.136. The molecule has 6 nitrogen and oxygen atoms in total. The van der Waals surface area contributed by atoms with Crippen molar-refractivity contribution in [3.63, 3.8) is 0 Å². The molecule has 142 valence electrons. The van der Waals surface area contributed by atoms with E-state index in [-0.39, 0.29) is 0 Å². The van der Waals surface area contributed by atoms with Gasteiger partial charge in [-0.15, -0.1) is 0 Å². The highest BCUT2D eigenvalue weighted by Crippen LogP contribution is 2.34. The Morgan fingerprint density at radius 3 is 2.93 bits per heavy atom. The Kier molecular flexibility index (Phi) is 3.82. The Morgan fingerprint density at radius 2 is 2.07 bits per heavy atom. The van der Waals surface area contributed by atoms with E-state index in [1.807, 2.05) is 12.4 Å². The molecule has 5 aromatic rings. The summed E-state index contributed by atoms with van der Waals surface area (Å²) in [7, 11) is 0. The van der Waals surface area contributed by atoms with Gasteiger partial charge in [0.05, 0.1) is 23.1 Å². The minimum absolute atomic E-state index is 0.871. The summed E-state index contributed by atoms with van der Waals surface area (Å²) in [5.74, 6) is 0. The van der Waals surface area contributed by atoms with Crippen LogP contribution in [0.25, 0.3) is 50.0 Å². The van der Waals surface area contributed by atoms with Crippen LogP contribution in [0.4, 0.5) is 0 Å². The molecule has 0 unspecified atom stereocenters. The van der Waals surface area contributed by atoms with Crippen molar-refractivity contribution >= 4 is 38.8 Å². The molecule has 0 saturated heterocycles. The molecular weight excluding hydrogens is 380 g/mol. The fourth-order valence-electron chi connectivity index (χ4n) is 3.98. The summed E-state index contributed by atoms with van der Waals surface area (Å²) < 4.78 is 0. The summed E-state index contributed by atoms with van der Waals surface area (Å²) >= 11 is 1.70. The molecule has 0 bridgehead atoms. The summed E-state index contributed by atoms with van der Waals surface area (Å²) in [6.45, 7) is 1.88. The maximum atomic E-state index is 4.64. The average molecular weight is 398 g/mol. The topological polar surface area (TPSA) is 82.3 Å². The third-order valence-corrected chi connectivity index (χ3v) is 6.14. The maximum absolute atomic E-state index is 4.64. The van der Waals surface area contributed by atoms with E-state index in [1.165, 1.54) is 16.7 Å². The molecular formula is C22H18N6S. The summed E-state index contributed by atoms with van der Waals surface area (Å²) in [4.78, 5) is 12.6. The van der Waals surface area contributed by atoms with Crippen LogP contribution in [-0.4, -0.2) is 38.2 Å². The minimum Gasteiger partial charge on any atom is -0.338 e. The van der Waals surface area contributed by atoms with E-state index in [1.54, 1.807) is 11.3 Å². The summed E-state index contributed by atoms with van der Waals surface area (Å²) in [5.41, 5.74) is 8.36. The molecule has 7 heteroatoms. The lowest BCUT2D eigenvalue weighted by atomic mass is 10.0. The zero-order valence-corrected chi connectivity index (χ0v) is 16.4. The molecule has 0 spiro atoms. The Bertz CT molecular complexity index is 1360. The minimum atomic E-state index is 0.871. The van der Waals surface area contributed by atoms with Crippen LogP contribution in [0.2, 0.25) is 0 Å². The van der Waals surface area contributed by atoms with Crippen molar-refractivity contribution in [2.75, 3.05) is 13.1 Å². The second-order valence-electron chi connectivity index (χ2n) is 7.19. The number of fused-ring (bicyclic) bond motifs is 2. The molecule has 0 amide bonds. The number of hydrogen-bond donors (Lipinski definition) is 3. The Labute approximate surface area is 170 Å². The van der Waals surface area contributed by atoms with Crippen LogP contribution in [-0.2, 0) is 0 Å². The second-order valence-corrected chi connectivity index (χ2v) is 7.97. The zero-order valence-electron chi connectivity index (χ0n) is 15.6. The molecule has 0 aromatic carbocycles. The number of thiophene rings is 1. The van der Waals surface area contributed by atoms with E-state index in [0.717, 1.165) is 58.5 Å². The van der Waals surface area contributed by atoms with Crippen LogP contribution in [0.5, 0.6) is 0 Å². The van der Waals surface area contributed by atoms with Crippen LogP contribution in [0.3, 0.4) is 0 Å². The molecule has 6 rings (SSSR count). The summed E-state index contributed by atoms with van der Waals surface area (Å²) in [6, 6.07) is 8.50. The van der Waals surface area contributed by atoms with Crippen molar-refractivity contribution in [1.82, 2.24) is 30.5 Å². The van der Waals surface area contributed by atoms with Crippen molar-refractivity contribution in [2.24, 2.45) is 0 Å². The van der Waals surface area contributed by atoms with Gasteiger partial charge >= 0.3 is 0 Å². The van der Waals surface area contributed by atoms with Crippen LogP contribution >= 0.6 is 11.3 Å². The number of rotatable bonds is 3. The summed E-state index contributed by atoms with van der Waals surface area (Å²) in [5, 5.41) is 17.5. The van der Waals surface area contributed by atoms with Crippen molar-refractivity contribution < 1.29 is 0 Å². The molecule has 1 aliphatic rings. The SMILES string of the molecule is C1=C(c2cc3c(-c4cc5c(-c6ccsc6)ccnc5[nH]4)n[nH]c3cn2)CCNC1. The number of aromatic nitrogens is 5. The Balaban J connectivity index is 1.50. The van der Waals surface area contributed by atoms with Crippen molar-refractivity contribution in [2.45, 2.75) is 6.42 Å². The highest BCUT2D eigenvalue weighted by Gasteiger charge is 2.16. The molecule has 0 radical (unpaired) electrons. The van der Waals surface area contributed by atoms with Crippen LogP contribution in [0, 0.1) is 0 Å². The van der Waals surface area contributed by atoms with E-state index in [4.69, 9.17) is 0 Å². The molecule has 6 heterocycles. The molecule has 3 N–H and O–H groups in total. The van der Waals surface area contributed by atoms with E-state index < -0.39 is 0 Å². The third-order valence-electron chi connectivity index (χ3n) is 5.46. The predicted molar refractivity (Wildman–Crippen MR) is 118 cm³/mol. The molecule has 5 aromatic heterocycles. The van der Waals surface area contributed by atoms with Crippen LogP contribution in [0.1, 0.15) is 12.1 Å². The quantitative estimate of drug-likeness (QED) is 0.415. The number of H-pyrrole nitrogens is 2. The summed E-state index contributed by atoms with van der Waals surface area (Å²) in [6.07, 6.45) is 6.94. The molecule has 1 aliphatic heterocycles. The average Bonchev–Trinajstić information content (AvgIpc) is 3.52. The first kappa shape index (κ1) is 16.6. The predicted octanol–water partition coefficient (Wildman–Crippen LogP) is 4.61. The molecule has 0 atom stereocenters. The first-order valence-corrected chi connectivity index (χ1v) is 10.6. The number of nitrogens with one attached hydrogen (secondary N) is 3. The van der Waals surface area contributed by atoms with Gasteiger partial charge in [0.2, 0.25) is 0 Å². The van der Waals surface area contributed by atoms with E-state index >= 15 is 0 Å². The molecule has 0 saturated carbocycles. The Morgan fingerprint density at radius 1 is 1.07 bits per heavy atom. The second kappa shape index (κ2) is 6.65. The lowest BCUT2D eigenvalue weighted by Crippen LogP contribution is -2.20. The molecule has 0 fully saturated rings. The van der Waals surface area contributed by atoms with Gasteiger partial charge in [0.25, 0.3) is 0 Å². The van der Waals surface area contributed by atoms with Gasteiger partial charge in [-0.05, 0) is 64.7 Å². The van der Waals surface area contributed by atoms with E-state index in [9.17, 15) is 0 Å². The van der Waals surface area contributed by atoms with Gasteiger partial charge < -0.3 is 10.3 Å². The largest absolute Gasteiger partial charge is 0.338 e. The van der Waals surface area contributed by atoms with E-state index in [2.05, 4.69) is 71.6 Å². The van der Waals surface area contributed by atoms with Gasteiger partial charge in [0, 0.05) is 23.5 Å². The standard InChI is InChI=1S/C22H18N6S/c1-5-23-6-2-13(1)18-10-17-20(11-25-18)27-28-21(17)19-9-16-15(14-4-8-29-12-14)3-7-24-22(16)26-19/h1,3-4,7-12,23H,2,5-6H2,(H,24,26)(H,27,28). The lowest BCUT2D eigenvalue weighted by molar-refractivity contribution is 0.737. The van der Waals surface area contributed by atoms with E-state index in [0.29, 0.717) is 0 Å². The zero-order chi connectivity index (χ0) is 19.2. The molecule has 0 aliphatic carbocycles. The molecule has 29 heavy (non-hydrogen) atoms. The maximum Gasteiger partial charge on any atom is 0.138 e. The number of aromatic amines is 2. The highest BCUT2D eigenvalue weighted by molar-refractivity contribution is 7.08. The smallest absolute Gasteiger partial charge is 0.138 e. The van der Waals surface area contributed by atoms with Gasteiger partial charge in [-0.1, -0.05) is 6.08 Å². The number of pyridine rings is 2. The lowest BCUT2D eigenvalue weighted by Gasteiger charge is -2.13. The van der Waals surface area contributed by atoms with Gasteiger partial charge in [-0.25, -0.2) is 4.98 Å². The highest BCUT2D eigenvalue weighted by atomic mass is 32.1. The Hall–Kier alpha value is -3.29. The van der Waals surface area contributed by atoms with Crippen molar-refractivity contribution in [3.05, 3.63) is 59.2 Å². The third kappa shape index (κ3) is 2.78. The number of nitrogens with zero attached hydrogens (tertiary/aromatic N) is 3. The first-order chi connectivity index (χ1) is 14.4. The fourth-order valence-corrected chi connectivity index (χ4v) is 4.63.